The van der Waals surface area contributed by atoms with E-state index in [1.807, 2.05) is 56.3 Å². The number of nitrogens with one attached hydrogen (secondary N) is 6. The third-order valence-electron chi connectivity index (χ3n) is 11.7. The van der Waals surface area contributed by atoms with Crippen LogP contribution in [0.1, 0.15) is 85.5 Å². The fraction of sp³-hybridized carbons (Fsp3) is 0.500. The predicted octanol–water partition coefficient (Wildman–Crippen LogP) is 0.464. The molecule has 3 heterocycles. The summed E-state index contributed by atoms with van der Waals surface area (Å²) in [5, 5.41) is 25.5. The van der Waals surface area contributed by atoms with E-state index in [9.17, 15) is 43.5 Å². The summed E-state index contributed by atoms with van der Waals surface area (Å²) in [6, 6.07) is 6.05. The van der Waals surface area contributed by atoms with Crippen molar-refractivity contribution in [3.8, 4) is 28.0 Å². The number of carboxylic acids is 1. The summed E-state index contributed by atoms with van der Waals surface area (Å²) >= 11 is 0. The van der Waals surface area contributed by atoms with Crippen molar-refractivity contribution < 1.29 is 48.2 Å². The molecule has 0 bridgehead atoms. The van der Waals surface area contributed by atoms with Gasteiger partial charge in [0, 0.05) is 44.8 Å². The molecule has 0 saturated carbocycles. The number of carboxylic acid groups (broad SMARTS) is 1. The second-order valence-corrected chi connectivity index (χ2v) is 18.2. The fourth-order valence-electron chi connectivity index (χ4n) is 8.15. The minimum atomic E-state index is -1.62. The molecule has 1 aliphatic heterocycles. The summed E-state index contributed by atoms with van der Waals surface area (Å²) in [6.07, 6.45) is 8.28. The molecule has 1 fully saturated rings. The molecule has 0 unspecified atom stereocenters. The topological polar surface area (TPSA) is 358 Å². The van der Waals surface area contributed by atoms with E-state index in [-0.39, 0.29) is 63.8 Å². The molecular weight excluding hydrogens is 943 g/mol. The number of nitrogens with two attached hydrogens (primary N) is 3. The zero-order chi connectivity index (χ0) is 53.5. The van der Waals surface area contributed by atoms with Gasteiger partial charge in [-0.15, -0.1) is 0 Å². The summed E-state index contributed by atoms with van der Waals surface area (Å²) in [4.78, 5) is 120. The largest absolute Gasteiger partial charge is 0.492 e. The second kappa shape index (κ2) is 29.6. The smallest absolute Gasteiger partial charge is 0.305 e. The van der Waals surface area contributed by atoms with E-state index >= 15 is 0 Å². The minimum Gasteiger partial charge on any atom is -0.492 e. The van der Waals surface area contributed by atoms with Crippen LogP contribution in [-0.4, -0.2) is 142 Å². The van der Waals surface area contributed by atoms with Crippen molar-refractivity contribution in [2.24, 2.45) is 28.1 Å². The van der Waals surface area contributed by atoms with Crippen molar-refractivity contribution in [3.05, 3.63) is 67.3 Å². The Morgan fingerprint density at radius 1 is 0.740 bits per heavy atom. The van der Waals surface area contributed by atoms with Gasteiger partial charge in [-0.2, -0.15) is 0 Å². The van der Waals surface area contributed by atoms with Gasteiger partial charge in [-0.3, -0.25) is 53.3 Å². The molecule has 6 atom stereocenters. The SMILES string of the molecule is CC(=O)N[C@@H](CCCN=C(N)N)C(=O)N[C@@H](CCCCN)C(=O)N[C@@H](CC(C)C)C(=O)N1CCC[C@H]1C(=O)N[C@@H](CC(=O)O)C(=O)N[C@@H](C)C(=O)NCCOc1cc(-c2ccncc2)cc(-c2ccncc2)c1. The van der Waals surface area contributed by atoms with E-state index in [0.29, 0.717) is 38.0 Å². The van der Waals surface area contributed by atoms with E-state index in [2.05, 4.69) is 46.9 Å². The molecule has 4 rings (SSSR count). The van der Waals surface area contributed by atoms with Crippen molar-refractivity contribution in [2.75, 3.05) is 32.8 Å². The third kappa shape index (κ3) is 19.4. The number of aliphatic imine (C=N–C) groups is 1. The number of pyridine rings is 2. The number of amides is 7. The van der Waals surface area contributed by atoms with Crippen molar-refractivity contribution in [2.45, 2.75) is 122 Å². The Morgan fingerprint density at radius 3 is 1.88 bits per heavy atom. The fourth-order valence-corrected chi connectivity index (χ4v) is 8.15. The van der Waals surface area contributed by atoms with Crippen LogP contribution < -0.4 is 53.8 Å². The maximum atomic E-state index is 14.3. The van der Waals surface area contributed by atoms with E-state index in [1.165, 1.54) is 18.7 Å². The lowest BCUT2D eigenvalue weighted by Gasteiger charge is -2.31. The highest BCUT2D eigenvalue weighted by atomic mass is 16.5. The monoisotopic (exact) mass is 1010 g/mol. The number of hydrogen-bond donors (Lipinski definition) is 10. The zero-order valence-electron chi connectivity index (χ0n) is 41.9. The molecule has 396 valence electrons. The molecule has 23 nitrogen and oxygen atoms in total. The standard InChI is InChI=1S/C50H71N13O10/c1-30(2)25-41(62-46(69)39(9-5-6-16-51)60-45(68)38(59-32(4)64)10-7-17-57-50(52)53)49(72)63-23-8-11-42(63)48(71)61-40(29-43(65)66)47(70)58-31(3)44(67)56-22-24-73-37-27-35(33-12-18-54-19-13-33)26-36(28-37)34-14-20-55-21-15-34/h12-15,18-21,26-28,30-31,38-42H,5-11,16-17,22-25,29,51H2,1-4H3,(H,56,67)(H,58,70)(H,59,64)(H,60,68)(H,61,71)(H,62,69)(H,65,66)(H4,52,53,57)/t31-,38-,39-,40-,41-,42-/m0/s1. The quantitative estimate of drug-likeness (QED) is 0.0257. The summed E-state index contributed by atoms with van der Waals surface area (Å²) in [5.74, 6) is -5.82. The van der Waals surface area contributed by atoms with Crippen LogP contribution in [0.5, 0.6) is 5.75 Å². The van der Waals surface area contributed by atoms with E-state index in [1.54, 1.807) is 24.8 Å². The number of guanidine groups is 1. The summed E-state index contributed by atoms with van der Waals surface area (Å²) in [5.41, 5.74) is 20.1. The van der Waals surface area contributed by atoms with Crippen molar-refractivity contribution in [1.82, 2.24) is 46.8 Å². The number of aromatic nitrogens is 2. The van der Waals surface area contributed by atoms with Gasteiger partial charge in [-0.1, -0.05) is 13.8 Å². The van der Waals surface area contributed by atoms with Gasteiger partial charge in [-0.05, 0) is 135 Å². The van der Waals surface area contributed by atoms with E-state index in [0.717, 1.165) is 22.3 Å². The lowest BCUT2D eigenvalue weighted by molar-refractivity contribution is -0.144. The van der Waals surface area contributed by atoms with Gasteiger partial charge in [0.25, 0.3) is 0 Å². The number of carbonyl (C=O) groups excluding carboxylic acids is 7. The Hall–Kier alpha value is -7.69. The Balaban J connectivity index is 1.39. The van der Waals surface area contributed by atoms with Crippen molar-refractivity contribution >= 4 is 53.3 Å². The highest BCUT2D eigenvalue weighted by molar-refractivity contribution is 5.98. The van der Waals surface area contributed by atoms with E-state index in [4.69, 9.17) is 21.9 Å². The second-order valence-electron chi connectivity index (χ2n) is 18.2. The van der Waals surface area contributed by atoms with Crippen molar-refractivity contribution in [1.29, 1.82) is 0 Å². The van der Waals surface area contributed by atoms with Crippen LogP contribution in [0, 0.1) is 5.92 Å². The number of nitrogens with zero attached hydrogens (tertiary/aromatic N) is 4. The average Bonchev–Trinajstić information content (AvgIpc) is 3.85. The molecule has 73 heavy (non-hydrogen) atoms. The first-order valence-electron chi connectivity index (χ1n) is 24.5. The highest BCUT2D eigenvalue weighted by Gasteiger charge is 2.40. The lowest BCUT2D eigenvalue weighted by atomic mass is 10.00. The van der Waals surface area contributed by atoms with Crippen LogP contribution in [0.25, 0.3) is 22.3 Å². The molecule has 1 aromatic carbocycles. The molecule has 0 radical (unpaired) electrons. The Kier molecular flexibility index (Phi) is 23.5. The first kappa shape index (κ1) is 57.9. The van der Waals surface area contributed by atoms with Gasteiger partial charge in [-0.25, -0.2) is 0 Å². The number of likely N-dealkylation sites (tertiary alicyclic amines) is 1. The predicted molar refractivity (Wildman–Crippen MR) is 272 cm³/mol. The number of ether oxygens (including phenoxy) is 1. The number of hydrogen-bond acceptors (Lipinski definition) is 13. The first-order chi connectivity index (χ1) is 34.9. The molecule has 1 saturated heterocycles. The highest BCUT2D eigenvalue weighted by Crippen LogP contribution is 2.31. The molecule has 0 spiro atoms. The van der Waals surface area contributed by atoms with Crippen LogP contribution in [0.4, 0.5) is 0 Å². The maximum Gasteiger partial charge on any atom is 0.305 e. The first-order valence-corrected chi connectivity index (χ1v) is 24.5. The van der Waals surface area contributed by atoms with Crippen LogP contribution >= 0.6 is 0 Å². The number of carbonyl (C=O) groups is 8. The van der Waals surface area contributed by atoms with Crippen LogP contribution in [0.3, 0.4) is 0 Å². The molecular formula is C50H71N13O10. The van der Waals surface area contributed by atoms with Gasteiger partial charge in [0.1, 0.15) is 48.6 Å². The average molecular weight is 1010 g/mol. The summed E-state index contributed by atoms with van der Waals surface area (Å²) in [6.45, 7) is 7.10. The van der Waals surface area contributed by atoms with Crippen LogP contribution in [0.2, 0.25) is 0 Å². The number of rotatable bonds is 29. The van der Waals surface area contributed by atoms with Crippen LogP contribution in [0.15, 0.2) is 72.2 Å². The Bertz CT molecular complexity index is 2310. The third-order valence-corrected chi connectivity index (χ3v) is 11.7. The van der Waals surface area contributed by atoms with Gasteiger partial charge in [0.2, 0.25) is 41.4 Å². The minimum absolute atomic E-state index is 0.0492. The maximum absolute atomic E-state index is 14.3. The number of benzene rings is 1. The molecule has 3 aromatic rings. The van der Waals surface area contributed by atoms with Crippen molar-refractivity contribution in [3.63, 3.8) is 0 Å². The molecule has 23 heteroatoms. The molecule has 2 aromatic heterocycles. The van der Waals surface area contributed by atoms with Gasteiger partial charge < -0.3 is 63.8 Å². The zero-order valence-corrected chi connectivity index (χ0v) is 41.9. The lowest BCUT2D eigenvalue weighted by Crippen LogP contribution is -2.59. The summed E-state index contributed by atoms with van der Waals surface area (Å²) < 4.78 is 6.04. The molecule has 1 aliphatic rings. The molecule has 0 aliphatic carbocycles. The number of unbranched alkanes of at least 4 members (excludes halogenated alkanes) is 1. The normalized spacial score (nSPS) is 15.1. The van der Waals surface area contributed by atoms with Gasteiger partial charge in [0.15, 0.2) is 5.96 Å². The number of aliphatic carboxylic acids is 1. The summed E-state index contributed by atoms with van der Waals surface area (Å²) in [7, 11) is 0. The molecule has 13 N–H and O–H groups in total. The Morgan fingerprint density at radius 2 is 1.32 bits per heavy atom. The van der Waals surface area contributed by atoms with Gasteiger partial charge >= 0.3 is 5.97 Å². The Labute approximate surface area is 425 Å². The van der Waals surface area contributed by atoms with E-state index < -0.39 is 90.0 Å². The van der Waals surface area contributed by atoms with Crippen LogP contribution in [-0.2, 0) is 38.4 Å². The van der Waals surface area contributed by atoms with Gasteiger partial charge in [0.05, 0.1) is 13.0 Å². The molecule has 7 amide bonds.